The van der Waals surface area contributed by atoms with E-state index in [0.29, 0.717) is 43.0 Å². The molecule has 0 fully saturated rings. The second-order valence-corrected chi connectivity index (χ2v) is 4.66. The van der Waals surface area contributed by atoms with Gasteiger partial charge in [0.25, 0.3) is 0 Å². The van der Waals surface area contributed by atoms with Crippen LogP contribution in [0.5, 0.6) is 11.5 Å². The van der Waals surface area contributed by atoms with E-state index in [2.05, 4.69) is 5.32 Å². The van der Waals surface area contributed by atoms with Crippen LogP contribution in [0.4, 0.5) is 0 Å². The average molecular weight is 297 g/mol. The summed E-state index contributed by atoms with van der Waals surface area (Å²) in [6, 6.07) is 5.30. The normalized spacial score (nSPS) is 12.0. The smallest absolute Gasteiger partial charge is 0.303 e. The van der Waals surface area contributed by atoms with Gasteiger partial charge in [0.1, 0.15) is 11.5 Å². The number of aliphatic hydroxyl groups is 1. The highest BCUT2D eigenvalue weighted by molar-refractivity contribution is 5.66. The van der Waals surface area contributed by atoms with Crippen LogP contribution in [0.3, 0.4) is 0 Å². The van der Waals surface area contributed by atoms with E-state index in [1.54, 1.807) is 32.4 Å². The van der Waals surface area contributed by atoms with Crippen molar-refractivity contribution in [2.75, 3.05) is 27.3 Å². The van der Waals surface area contributed by atoms with Crippen molar-refractivity contribution in [3.8, 4) is 11.5 Å². The van der Waals surface area contributed by atoms with Crippen molar-refractivity contribution >= 4 is 5.97 Å². The van der Waals surface area contributed by atoms with Gasteiger partial charge in [0.15, 0.2) is 0 Å². The maximum absolute atomic E-state index is 10.4. The summed E-state index contributed by atoms with van der Waals surface area (Å²) >= 11 is 0. The van der Waals surface area contributed by atoms with E-state index in [9.17, 15) is 9.90 Å². The minimum atomic E-state index is -0.792. The zero-order chi connectivity index (χ0) is 15.7. The number of hydrogen-bond acceptors (Lipinski definition) is 5. The Hall–Kier alpha value is -1.79. The number of aliphatic carboxylic acids is 1. The molecule has 0 saturated heterocycles. The molecule has 21 heavy (non-hydrogen) atoms. The Morgan fingerprint density at radius 1 is 1.29 bits per heavy atom. The molecule has 1 rings (SSSR count). The minimum Gasteiger partial charge on any atom is -0.497 e. The fourth-order valence-electron chi connectivity index (χ4n) is 1.98. The largest absolute Gasteiger partial charge is 0.497 e. The molecule has 0 aliphatic heterocycles. The molecule has 6 nitrogen and oxygen atoms in total. The molecule has 1 aromatic carbocycles. The highest BCUT2D eigenvalue weighted by Gasteiger charge is 2.13. The molecule has 0 aliphatic carbocycles. The van der Waals surface area contributed by atoms with Gasteiger partial charge in [-0.1, -0.05) is 0 Å². The number of methoxy groups -OCH3 is 2. The zero-order valence-corrected chi connectivity index (χ0v) is 12.5. The number of hydrogen-bond donors (Lipinski definition) is 3. The van der Waals surface area contributed by atoms with E-state index in [4.69, 9.17) is 14.6 Å². The van der Waals surface area contributed by atoms with E-state index in [-0.39, 0.29) is 6.42 Å². The van der Waals surface area contributed by atoms with E-state index in [0.717, 1.165) is 0 Å². The van der Waals surface area contributed by atoms with Crippen molar-refractivity contribution in [3.05, 3.63) is 23.8 Å². The van der Waals surface area contributed by atoms with Gasteiger partial charge in [-0.05, 0) is 38.1 Å². The van der Waals surface area contributed by atoms with E-state index < -0.39 is 12.1 Å². The van der Waals surface area contributed by atoms with Gasteiger partial charge in [-0.3, -0.25) is 4.79 Å². The first kappa shape index (κ1) is 17.3. The van der Waals surface area contributed by atoms with Gasteiger partial charge in [0.2, 0.25) is 0 Å². The van der Waals surface area contributed by atoms with Crippen LogP contribution in [-0.2, 0) is 4.79 Å². The lowest BCUT2D eigenvalue weighted by atomic mass is 10.0. The Balaban J connectivity index is 2.41. The van der Waals surface area contributed by atoms with Crippen molar-refractivity contribution in [2.45, 2.75) is 25.4 Å². The lowest BCUT2D eigenvalue weighted by Crippen LogP contribution is -2.19. The van der Waals surface area contributed by atoms with Crippen LogP contribution in [0.1, 0.15) is 30.9 Å². The first-order valence-corrected chi connectivity index (χ1v) is 6.91. The molecule has 0 spiro atoms. The van der Waals surface area contributed by atoms with Gasteiger partial charge in [-0.15, -0.1) is 0 Å². The predicted octanol–water partition coefficient (Wildman–Crippen LogP) is 1.58. The number of carboxylic acids is 1. The summed E-state index contributed by atoms with van der Waals surface area (Å²) in [5.74, 6) is 0.474. The first-order valence-electron chi connectivity index (χ1n) is 6.91. The molecule has 0 saturated carbocycles. The van der Waals surface area contributed by atoms with Crippen LogP contribution >= 0.6 is 0 Å². The summed E-state index contributed by atoms with van der Waals surface area (Å²) < 4.78 is 10.4. The van der Waals surface area contributed by atoms with Crippen LogP contribution in [0, 0.1) is 0 Å². The summed E-state index contributed by atoms with van der Waals surface area (Å²) in [6.45, 7) is 1.23. The summed E-state index contributed by atoms with van der Waals surface area (Å²) in [4.78, 5) is 10.4. The molecule has 1 atom stereocenters. The maximum atomic E-state index is 10.4. The summed E-state index contributed by atoms with van der Waals surface area (Å²) in [5.41, 5.74) is 0.714. The number of rotatable bonds is 10. The summed E-state index contributed by atoms with van der Waals surface area (Å²) in [5, 5.41) is 21.8. The molecule has 6 heteroatoms. The second-order valence-electron chi connectivity index (χ2n) is 4.66. The fraction of sp³-hybridized carbons (Fsp3) is 0.533. The molecule has 0 radical (unpaired) electrons. The predicted molar refractivity (Wildman–Crippen MR) is 78.9 cm³/mol. The summed E-state index contributed by atoms with van der Waals surface area (Å²) in [6.07, 6.45) is 0.618. The average Bonchev–Trinajstić information content (AvgIpc) is 2.49. The highest BCUT2D eigenvalue weighted by Crippen LogP contribution is 2.30. The number of carbonyl (C=O) groups is 1. The van der Waals surface area contributed by atoms with Gasteiger partial charge in [-0.2, -0.15) is 0 Å². The van der Waals surface area contributed by atoms with Gasteiger partial charge in [0.05, 0.1) is 20.3 Å². The molecule has 3 N–H and O–H groups in total. The van der Waals surface area contributed by atoms with Gasteiger partial charge in [0, 0.05) is 18.1 Å². The Kier molecular flexibility index (Phi) is 7.56. The van der Waals surface area contributed by atoms with E-state index in [1.807, 2.05) is 0 Å². The van der Waals surface area contributed by atoms with E-state index in [1.165, 1.54) is 0 Å². The lowest BCUT2D eigenvalue weighted by molar-refractivity contribution is -0.137. The molecular weight excluding hydrogens is 274 g/mol. The topological polar surface area (TPSA) is 88.0 Å². The van der Waals surface area contributed by atoms with Crippen LogP contribution in [0.25, 0.3) is 0 Å². The lowest BCUT2D eigenvalue weighted by Gasteiger charge is -2.16. The molecule has 0 heterocycles. The molecule has 0 aliphatic rings. The monoisotopic (exact) mass is 297 g/mol. The molecule has 0 bridgehead atoms. The maximum Gasteiger partial charge on any atom is 0.303 e. The second kappa shape index (κ2) is 9.20. The molecule has 0 aromatic heterocycles. The molecule has 0 amide bonds. The Morgan fingerprint density at radius 2 is 2.05 bits per heavy atom. The Labute approximate surface area is 124 Å². The van der Waals surface area contributed by atoms with Gasteiger partial charge >= 0.3 is 5.97 Å². The Morgan fingerprint density at radius 3 is 2.67 bits per heavy atom. The number of nitrogens with one attached hydrogen (secondary N) is 1. The quantitative estimate of drug-likeness (QED) is 0.568. The molecular formula is C15H23NO5. The SMILES string of the molecule is COc1ccc(C(O)CCNCCCC(=O)O)c(OC)c1. The van der Waals surface area contributed by atoms with Crippen LogP contribution in [0.2, 0.25) is 0 Å². The molecule has 118 valence electrons. The van der Waals surface area contributed by atoms with E-state index >= 15 is 0 Å². The fourth-order valence-corrected chi connectivity index (χ4v) is 1.98. The van der Waals surface area contributed by atoms with Crippen LogP contribution in [0.15, 0.2) is 18.2 Å². The van der Waals surface area contributed by atoms with Crippen LogP contribution < -0.4 is 14.8 Å². The van der Waals surface area contributed by atoms with Crippen molar-refractivity contribution in [1.82, 2.24) is 5.32 Å². The minimum absolute atomic E-state index is 0.155. The number of aliphatic hydroxyl groups excluding tert-OH is 1. The number of benzene rings is 1. The number of carboxylic acid groups (broad SMARTS) is 1. The third-order valence-electron chi connectivity index (χ3n) is 3.14. The van der Waals surface area contributed by atoms with Crippen LogP contribution in [-0.4, -0.2) is 43.5 Å². The highest BCUT2D eigenvalue weighted by atomic mass is 16.5. The third-order valence-corrected chi connectivity index (χ3v) is 3.14. The van der Waals surface area contributed by atoms with Gasteiger partial charge in [-0.25, -0.2) is 0 Å². The zero-order valence-electron chi connectivity index (χ0n) is 12.5. The third kappa shape index (κ3) is 6.01. The van der Waals surface area contributed by atoms with Gasteiger partial charge < -0.3 is 25.0 Å². The van der Waals surface area contributed by atoms with Crippen molar-refractivity contribution in [1.29, 1.82) is 0 Å². The van der Waals surface area contributed by atoms with Crippen molar-refractivity contribution < 1.29 is 24.5 Å². The Bertz CT molecular complexity index is 450. The standard InChI is InChI=1S/C15H23NO5/c1-20-11-5-6-12(14(10-11)21-2)13(17)7-9-16-8-3-4-15(18)19/h5-6,10,13,16-17H,3-4,7-9H2,1-2H3,(H,18,19). The first-order chi connectivity index (χ1) is 10.1. The number of ether oxygens (including phenoxy) is 2. The molecule has 1 aromatic rings. The van der Waals surface area contributed by atoms with Crippen molar-refractivity contribution in [3.63, 3.8) is 0 Å². The molecule has 1 unspecified atom stereocenters. The van der Waals surface area contributed by atoms with Crippen molar-refractivity contribution in [2.24, 2.45) is 0 Å². The summed E-state index contributed by atoms with van der Waals surface area (Å²) in [7, 11) is 3.13.